The van der Waals surface area contributed by atoms with E-state index in [0.29, 0.717) is 13.2 Å². The van der Waals surface area contributed by atoms with Crippen LogP contribution < -0.4 is 5.32 Å². The quantitative estimate of drug-likeness (QED) is 0.625. The Morgan fingerprint density at radius 1 is 1.44 bits per heavy atom. The van der Waals surface area contributed by atoms with Crippen molar-refractivity contribution < 1.29 is 23.1 Å². The number of ether oxygens (including phenoxy) is 1. The molecule has 0 saturated carbocycles. The van der Waals surface area contributed by atoms with Gasteiger partial charge in [-0.1, -0.05) is 0 Å². The fraction of sp³-hybridized carbons (Fsp3) is 0.889. The van der Waals surface area contributed by atoms with Crippen LogP contribution in [-0.4, -0.2) is 56.8 Å². The van der Waals surface area contributed by atoms with Crippen molar-refractivity contribution in [2.24, 2.45) is 0 Å². The maximum atomic E-state index is 11.2. The van der Waals surface area contributed by atoms with Crippen molar-refractivity contribution >= 4 is 15.8 Å². The minimum absolute atomic E-state index is 0.0702. The molecule has 1 aliphatic rings. The van der Waals surface area contributed by atoms with Crippen molar-refractivity contribution in [1.82, 2.24) is 5.32 Å². The van der Waals surface area contributed by atoms with Crippen LogP contribution in [0.25, 0.3) is 0 Å². The standard InChI is InChI=1S/C9H17NO5S/c1-15-5-4-10-9(8(11)12)2-6-16(13,14)7-3-9/h10H,2-7H2,1H3,(H,11,12). The van der Waals surface area contributed by atoms with Crippen LogP contribution in [0.5, 0.6) is 0 Å². The summed E-state index contributed by atoms with van der Waals surface area (Å²) in [5, 5.41) is 12.0. The van der Waals surface area contributed by atoms with E-state index >= 15 is 0 Å². The zero-order valence-corrected chi connectivity index (χ0v) is 10.0. The predicted molar refractivity (Wildman–Crippen MR) is 58.1 cm³/mol. The molecular weight excluding hydrogens is 234 g/mol. The maximum Gasteiger partial charge on any atom is 0.323 e. The normalized spacial score (nSPS) is 22.8. The van der Waals surface area contributed by atoms with Gasteiger partial charge in [-0.05, 0) is 12.8 Å². The van der Waals surface area contributed by atoms with Crippen LogP contribution in [0.4, 0.5) is 0 Å². The van der Waals surface area contributed by atoms with Gasteiger partial charge in [-0.3, -0.25) is 10.1 Å². The van der Waals surface area contributed by atoms with Gasteiger partial charge in [-0.2, -0.15) is 0 Å². The molecule has 0 aliphatic carbocycles. The average molecular weight is 251 g/mol. The third-order valence-electron chi connectivity index (χ3n) is 2.86. The molecule has 1 rings (SSSR count). The van der Waals surface area contributed by atoms with Crippen molar-refractivity contribution in [3.8, 4) is 0 Å². The predicted octanol–water partition coefficient (Wildman–Crippen LogP) is -0.746. The van der Waals surface area contributed by atoms with Crippen molar-refractivity contribution in [2.45, 2.75) is 18.4 Å². The second kappa shape index (κ2) is 5.11. The molecule has 94 valence electrons. The second-order valence-electron chi connectivity index (χ2n) is 3.96. The van der Waals surface area contributed by atoms with Gasteiger partial charge in [0.05, 0.1) is 18.1 Å². The van der Waals surface area contributed by atoms with E-state index in [1.54, 1.807) is 0 Å². The minimum atomic E-state index is -3.05. The molecule has 1 heterocycles. The van der Waals surface area contributed by atoms with E-state index in [9.17, 15) is 13.2 Å². The topological polar surface area (TPSA) is 92.7 Å². The molecule has 1 saturated heterocycles. The number of rotatable bonds is 5. The molecule has 1 fully saturated rings. The van der Waals surface area contributed by atoms with E-state index in [4.69, 9.17) is 9.84 Å². The molecule has 0 amide bonds. The third kappa shape index (κ3) is 3.16. The maximum absolute atomic E-state index is 11.2. The number of hydrogen-bond acceptors (Lipinski definition) is 5. The van der Waals surface area contributed by atoms with Gasteiger partial charge in [0, 0.05) is 13.7 Å². The second-order valence-corrected chi connectivity index (χ2v) is 6.26. The van der Waals surface area contributed by atoms with Gasteiger partial charge in [-0.15, -0.1) is 0 Å². The minimum Gasteiger partial charge on any atom is -0.480 e. The molecule has 0 aromatic heterocycles. The number of sulfone groups is 1. The van der Waals surface area contributed by atoms with E-state index in [1.165, 1.54) is 7.11 Å². The summed E-state index contributed by atoms with van der Waals surface area (Å²) in [7, 11) is -1.52. The number of nitrogens with one attached hydrogen (secondary N) is 1. The van der Waals surface area contributed by atoms with Gasteiger partial charge >= 0.3 is 5.97 Å². The Balaban J connectivity index is 2.65. The Morgan fingerprint density at radius 2 is 2.00 bits per heavy atom. The summed E-state index contributed by atoms with van der Waals surface area (Å²) in [6.07, 6.45) is 0.239. The zero-order chi connectivity index (χ0) is 12.2. The van der Waals surface area contributed by atoms with Crippen LogP contribution in [0, 0.1) is 0 Å². The van der Waals surface area contributed by atoms with Gasteiger partial charge in [0.25, 0.3) is 0 Å². The van der Waals surface area contributed by atoms with E-state index in [0.717, 1.165) is 0 Å². The summed E-state index contributed by atoms with van der Waals surface area (Å²) in [5.41, 5.74) is -1.11. The average Bonchev–Trinajstić information content (AvgIpc) is 2.21. The summed E-state index contributed by atoms with van der Waals surface area (Å²) in [5.74, 6) is -1.13. The molecule has 0 atom stereocenters. The fourth-order valence-corrected chi connectivity index (χ4v) is 3.27. The van der Waals surface area contributed by atoms with E-state index < -0.39 is 21.3 Å². The van der Waals surface area contributed by atoms with Crippen LogP contribution >= 0.6 is 0 Å². The van der Waals surface area contributed by atoms with Crippen LogP contribution in [0.3, 0.4) is 0 Å². The van der Waals surface area contributed by atoms with Crippen LogP contribution in [-0.2, 0) is 19.4 Å². The highest BCUT2D eigenvalue weighted by molar-refractivity contribution is 7.91. The third-order valence-corrected chi connectivity index (χ3v) is 4.51. The van der Waals surface area contributed by atoms with Crippen molar-refractivity contribution in [2.75, 3.05) is 31.8 Å². The first-order valence-electron chi connectivity index (χ1n) is 5.10. The molecule has 16 heavy (non-hydrogen) atoms. The highest BCUT2D eigenvalue weighted by Crippen LogP contribution is 2.24. The number of hydrogen-bond donors (Lipinski definition) is 2. The van der Waals surface area contributed by atoms with Crippen LogP contribution in [0.1, 0.15) is 12.8 Å². The van der Waals surface area contributed by atoms with E-state index in [-0.39, 0.29) is 24.3 Å². The summed E-state index contributed by atoms with van der Waals surface area (Å²) in [6.45, 7) is 0.810. The molecule has 0 spiro atoms. The molecule has 0 bridgehead atoms. The fourth-order valence-electron chi connectivity index (χ4n) is 1.75. The van der Waals surface area contributed by atoms with Crippen LogP contribution in [0.2, 0.25) is 0 Å². The molecule has 0 unspecified atom stereocenters. The lowest BCUT2D eigenvalue weighted by Gasteiger charge is -2.33. The van der Waals surface area contributed by atoms with Crippen molar-refractivity contribution in [1.29, 1.82) is 0 Å². The van der Waals surface area contributed by atoms with Gasteiger partial charge < -0.3 is 9.84 Å². The Labute approximate surface area is 94.9 Å². The highest BCUT2D eigenvalue weighted by atomic mass is 32.2. The van der Waals surface area contributed by atoms with E-state index in [1.807, 2.05) is 0 Å². The largest absolute Gasteiger partial charge is 0.480 e. The summed E-state index contributed by atoms with van der Waals surface area (Å²) in [6, 6.07) is 0. The zero-order valence-electron chi connectivity index (χ0n) is 9.23. The smallest absolute Gasteiger partial charge is 0.323 e. The monoisotopic (exact) mass is 251 g/mol. The first-order valence-corrected chi connectivity index (χ1v) is 6.92. The summed E-state index contributed by atoms with van der Waals surface area (Å²) in [4.78, 5) is 11.2. The molecule has 0 aromatic carbocycles. The Bertz CT molecular complexity index is 337. The molecule has 1 aliphatic heterocycles. The first-order chi connectivity index (χ1) is 7.42. The molecule has 0 aromatic rings. The number of carbonyl (C=O) groups is 1. The van der Waals surface area contributed by atoms with Crippen molar-refractivity contribution in [3.05, 3.63) is 0 Å². The lowest BCUT2D eigenvalue weighted by Crippen LogP contribution is -2.57. The molecular formula is C9H17NO5S. The van der Waals surface area contributed by atoms with Gasteiger partial charge in [0.1, 0.15) is 15.4 Å². The Morgan fingerprint density at radius 3 is 2.44 bits per heavy atom. The molecule has 0 radical (unpaired) electrons. The van der Waals surface area contributed by atoms with Gasteiger partial charge in [0.15, 0.2) is 0 Å². The van der Waals surface area contributed by atoms with Crippen LogP contribution in [0.15, 0.2) is 0 Å². The number of methoxy groups -OCH3 is 1. The van der Waals surface area contributed by atoms with Gasteiger partial charge in [-0.25, -0.2) is 8.42 Å². The highest BCUT2D eigenvalue weighted by Gasteiger charge is 2.43. The number of aliphatic carboxylic acids is 1. The summed E-state index contributed by atoms with van der Waals surface area (Å²) < 4.78 is 27.3. The Hall–Kier alpha value is -0.660. The van der Waals surface area contributed by atoms with E-state index in [2.05, 4.69) is 5.32 Å². The molecule has 2 N–H and O–H groups in total. The number of carboxylic acid groups (broad SMARTS) is 1. The summed E-state index contributed by atoms with van der Waals surface area (Å²) >= 11 is 0. The van der Waals surface area contributed by atoms with Gasteiger partial charge in [0.2, 0.25) is 0 Å². The molecule has 7 heteroatoms. The lowest BCUT2D eigenvalue weighted by atomic mass is 9.92. The lowest BCUT2D eigenvalue weighted by molar-refractivity contribution is -0.145. The molecule has 6 nitrogen and oxygen atoms in total. The Kier molecular flexibility index (Phi) is 4.28. The SMILES string of the molecule is COCCNC1(C(=O)O)CCS(=O)(=O)CC1. The van der Waals surface area contributed by atoms with Crippen molar-refractivity contribution in [3.63, 3.8) is 0 Å². The number of carboxylic acids is 1. The first kappa shape index (κ1) is 13.4.